The van der Waals surface area contributed by atoms with Crippen LogP contribution in [0.5, 0.6) is 0 Å². The van der Waals surface area contributed by atoms with Crippen molar-refractivity contribution in [3.8, 4) is 0 Å². The summed E-state index contributed by atoms with van der Waals surface area (Å²) in [5.74, 6) is 0.210. The molecule has 2 unspecified atom stereocenters. The molecule has 0 radical (unpaired) electrons. The number of ketones is 1. The summed E-state index contributed by atoms with van der Waals surface area (Å²) >= 11 is 0. The molecule has 4 N–H and O–H groups in total. The number of hydrogen-bond acceptors (Lipinski definition) is 6. The maximum Gasteiger partial charge on any atom is 0.338 e. The molecule has 2 rings (SSSR count). The van der Waals surface area contributed by atoms with Crippen LogP contribution in [0.1, 0.15) is 149 Å². The van der Waals surface area contributed by atoms with Crippen LogP contribution in [0.15, 0.2) is 47.5 Å². The number of benzene rings is 1. The van der Waals surface area contributed by atoms with Gasteiger partial charge in [-0.15, -0.1) is 0 Å². The molecule has 8 nitrogen and oxygen atoms in total. The average Bonchev–Trinajstić information content (AvgIpc) is 3.50. The maximum atomic E-state index is 11.5. The van der Waals surface area contributed by atoms with Gasteiger partial charge in [-0.2, -0.15) is 4.99 Å². The van der Waals surface area contributed by atoms with Crippen LogP contribution >= 0.6 is 0 Å². The number of rotatable bonds is 11. The third-order valence-electron chi connectivity index (χ3n) is 6.28. The summed E-state index contributed by atoms with van der Waals surface area (Å²) in [5, 5.41) is 0. The van der Waals surface area contributed by atoms with Gasteiger partial charge in [-0.25, -0.2) is 4.79 Å². The minimum atomic E-state index is -0.283. The monoisotopic (exact) mass is 648 g/mol. The molecule has 0 aromatic heterocycles. The van der Waals surface area contributed by atoms with Crippen LogP contribution in [0, 0.1) is 0 Å². The SMILES string of the molecule is C/C=C\C(N)=NC(=O)CCC.CC.CC/C=C(\C)c1ccccc1C(=O)OC.CCC(=O)CCC1CCC(C)O1.CCCC.CN. The van der Waals surface area contributed by atoms with Crippen LogP contribution in [-0.4, -0.2) is 49.9 Å². The second-order valence-electron chi connectivity index (χ2n) is 10.1. The second-order valence-corrected chi connectivity index (χ2v) is 10.1. The van der Waals surface area contributed by atoms with Gasteiger partial charge in [0.2, 0.25) is 5.91 Å². The molecule has 1 aromatic rings. The number of ether oxygens (including phenoxy) is 2. The number of esters is 1. The van der Waals surface area contributed by atoms with Crippen LogP contribution in [0.3, 0.4) is 0 Å². The van der Waals surface area contributed by atoms with E-state index < -0.39 is 0 Å². The lowest BCUT2D eigenvalue weighted by molar-refractivity contribution is -0.119. The largest absolute Gasteiger partial charge is 0.465 e. The van der Waals surface area contributed by atoms with E-state index in [-0.39, 0.29) is 17.7 Å². The van der Waals surface area contributed by atoms with Gasteiger partial charge in [0, 0.05) is 19.3 Å². The number of Topliss-reactive ketones (excluding diaryl/α,β-unsaturated/α-hetero) is 1. The van der Waals surface area contributed by atoms with Gasteiger partial charge in [0.15, 0.2) is 0 Å². The zero-order valence-electron chi connectivity index (χ0n) is 31.4. The smallest absolute Gasteiger partial charge is 0.338 e. The Bertz CT molecular complexity index is 984. The van der Waals surface area contributed by atoms with E-state index in [2.05, 4.69) is 44.5 Å². The van der Waals surface area contributed by atoms with Crippen molar-refractivity contribution in [2.24, 2.45) is 16.5 Å². The Hall–Kier alpha value is -3.10. The maximum absolute atomic E-state index is 11.5. The van der Waals surface area contributed by atoms with Crippen molar-refractivity contribution in [2.45, 2.75) is 146 Å². The molecule has 1 heterocycles. The van der Waals surface area contributed by atoms with Gasteiger partial charge in [-0.05, 0) is 83.2 Å². The third kappa shape index (κ3) is 28.4. The number of carbonyl (C=O) groups excluding carboxylic acids is 3. The van der Waals surface area contributed by atoms with E-state index in [1.165, 1.54) is 27.0 Å². The average molecular weight is 648 g/mol. The number of methoxy groups -OCH3 is 1. The molecule has 0 aliphatic carbocycles. The molecule has 1 fully saturated rings. The Morgan fingerprint density at radius 1 is 0.957 bits per heavy atom. The predicted octanol–water partition coefficient (Wildman–Crippen LogP) is 9.25. The highest BCUT2D eigenvalue weighted by atomic mass is 16.5. The van der Waals surface area contributed by atoms with Crippen molar-refractivity contribution in [1.29, 1.82) is 0 Å². The number of carbonyl (C=O) groups is 3. The predicted molar refractivity (Wildman–Crippen MR) is 198 cm³/mol. The Kier molecular flexibility index (Phi) is 39.4. The number of amides is 1. The summed E-state index contributed by atoms with van der Waals surface area (Å²) in [4.78, 5) is 36.9. The van der Waals surface area contributed by atoms with Crippen molar-refractivity contribution in [3.05, 3.63) is 53.6 Å². The van der Waals surface area contributed by atoms with Gasteiger partial charge in [0.25, 0.3) is 0 Å². The van der Waals surface area contributed by atoms with Crippen LogP contribution in [0.4, 0.5) is 0 Å². The number of nitrogens with zero attached hydrogens (tertiary/aromatic N) is 1. The molecule has 0 spiro atoms. The molecule has 0 saturated carbocycles. The zero-order chi connectivity index (χ0) is 36.3. The minimum Gasteiger partial charge on any atom is -0.465 e. The first-order chi connectivity index (χ1) is 22.0. The number of allylic oxidation sites excluding steroid dienone is 3. The zero-order valence-corrected chi connectivity index (χ0v) is 31.4. The molecule has 1 amide bonds. The Morgan fingerprint density at radius 2 is 1.52 bits per heavy atom. The number of nitrogens with two attached hydrogens (primary N) is 2. The van der Waals surface area contributed by atoms with Gasteiger partial charge < -0.3 is 20.9 Å². The van der Waals surface area contributed by atoms with Crippen molar-refractivity contribution >= 4 is 29.1 Å². The third-order valence-corrected chi connectivity index (χ3v) is 6.28. The summed E-state index contributed by atoms with van der Waals surface area (Å²) in [6.07, 6.45) is 15.7. The first-order valence-corrected chi connectivity index (χ1v) is 17.1. The fourth-order valence-electron chi connectivity index (χ4n) is 3.75. The summed E-state index contributed by atoms with van der Waals surface area (Å²) < 4.78 is 10.3. The number of hydrogen-bond donors (Lipinski definition) is 2. The second kappa shape index (κ2) is 36.4. The van der Waals surface area contributed by atoms with Crippen molar-refractivity contribution in [1.82, 2.24) is 0 Å². The van der Waals surface area contributed by atoms with E-state index in [0.29, 0.717) is 42.8 Å². The molecule has 1 saturated heterocycles. The van der Waals surface area contributed by atoms with E-state index in [4.69, 9.17) is 15.2 Å². The number of unbranched alkanes of at least 4 members (excludes halogenated alkanes) is 1. The Labute approximate surface area is 282 Å². The lowest BCUT2D eigenvalue weighted by Crippen LogP contribution is -2.10. The fraction of sp³-hybridized carbons (Fsp3) is 0.632. The standard InChI is InChI=1S/C13H16O2.C10H18O2.C8H14N2O.C4H10.C2H6.CH5N/c1-4-7-10(2)11-8-5-6-9-12(11)13(14)15-3;1-3-9(11)5-7-10-6-4-8(2)12-10;1-3-5-7(9)10-8(11)6-4-2;1-3-4-2;2*1-2/h5-9H,4H2,1-3H3;8,10H,3-7H2,1-2H3;3,5H,4,6H2,1-2H3,(H2,9,10,11);3-4H2,1-2H3;1-2H3;2H2,1H3/b10-7+;;5-3-;;;. The normalized spacial score (nSPS) is 15.2. The van der Waals surface area contributed by atoms with E-state index in [0.717, 1.165) is 43.2 Å². The van der Waals surface area contributed by atoms with Gasteiger partial charge in [0.05, 0.1) is 24.9 Å². The first-order valence-electron chi connectivity index (χ1n) is 17.1. The quantitative estimate of drug-likeness (QED) is 0.139. The van der Waals surface area contributed by atoms with Crippen LogP contribution in [0.25, 0.3) is 5.57 Å². The van der Waals surface area contributed by atoms with Crippen molar-refractivity contribution in [3.63, 3.8) is 0 Å². The van der Waals surface area contributed by atoms with Gasteiger partial charge in [-0.1, -0.05) is 91.7 Å². The molecule has 1 aliphatic heterocycles. The van der Waals surface area contributed by atoms with Gasteiger partial charge in [-0.3, -0.25) is 9.59 Å². The highest BCUT2D eigenvalue weighted by Crippen LogP contribution is 2.22. The molecule has 0 bridgehead atoms. The Balaban J connectivity index is -0.000000260. The van der Waals surface area contributed by atoms with E-state index in [1.807, 2.05) is 59.7 Å². The van der Waals surface area contributed by atoms with E-state index >= 15 is 0 Å². The number of aliphatic imine (C=N–C) groups is 1. The Morgan fingerprint density at radius 3 is 1.93 bits per heavy atom. The van der Waals surface area contributed by atoms with E-state index in [9.17, 15) is 14.4 Å². The van der Waals surface area contributed by atoms with E-state index in [1.54, 1.807) is 18.2 Å². The summed E-state index contributed by atoms with van der Waals surface area (Å²) in [6.45, 7) is 20.2. The molecule has 1 aromatic carbocycles. The van der Waals surface area contributed by atoms with Gasteiger partial charge in [0.1, 0.15) is 11.6 Å². The molecule has 1 aliphatic rings. The fourth-order valence-corrected chi connectivity index (χ4v) is 3.75. The van der Waals surface area contributed by atoms with Crippen molar-refractivity contribution in [2.75, 3.05) is 14.2 Å². The van der Waals surface area contributed by atoms with Crippen molar-refractivity contribution < 1.29 is 23.9 Å². The molecule has 8 heteroatoms. The summed E-state index contributed by atoms with van der Waals surface area (Å²) in [7, 11) is 2.90. The van der Waals surface area contributed by atoms with Crippen LogP contribution in [-0.2, 0) is 19.1 Å². The topological polar surface area (TPSA) is 134 Å². The lowest BCUT2D eigenvalue weighted by atomic mass is 10.0. The molecular weight excluding hydrogens is 578 g/mol. The summed E-state index contributed by atoms with van der Waals surface area (Å²) in [5.41, 5.74) is 12.5. The molecular formula is C38H69N3O5. The van der Waals surface area contributed by atoms with Crippen LogP contribution < -0.4 is 11.5 Å². The number of amidine groups is 1. The summed E-state index contributed by atoms with van der Waals surface area (Å²) in [6, 6.07) is 7.49. The molecule has 46 heavy (non-hydrogen) atoms. The molecule has 266 valence electrons. The highest BCUT2D eigenvalue weighted by molar-refractivity contribution is 5.99. The minimum absolute atomic E-state index is 0.150. The first kappa shape index (κ1) is 49.8. The highest BCUT2D eigenvalue weighted by Gasteiger charge is 2.21. The lowest BCUT2D eigenvalue weighted by Gasteiger charge is -2.09. The van der Waals surface area contributed by atoms with Gasteiger partial charge >= 0.3 is 5.97 Å². The molecule has 2 atom stereocenters. The van der Waals surface area contributed by atoms with Crippen LogP contribution in [0.2, 0.25) is 0 Å².